The molecule has 0 spiro atoms. The molecular weight excluding hydrogens is 242 g/mol. The summed E-state index contributed by atoms with van der Waals surface area (Å²) in [5.41, 5.74) is 0.965. The maximum Gasteiger partial charge on any atom is 0.410 e. The molecule has 1 atom stereocenters. The summed E-state index contributed by atoms with van der Waals surface area (Å²) >= 11 is 0. The van der Waals surface area contributed by atoms with Crippen molar-refractivity contribution in [3.8, 4) is 0 Å². The molecule has 0 aliphatic carbocycles. The molecule has 4 heteroatoms. The van der Waals surface area contributed by atoms with E-state index in [-0.39, 0.29) is 31.3 Å². The minimum Gasteiger partial charge on any atom is -0.445 e. The zero-order chi connectivity index (χ0) is 14.3. The lowest BCUT2D eigenvalue weighted by Crippen LogP contribution is -2.41. The Balaban J connectivity index is 2.52. The molecule has 19 heavy (non-hydrogen) atoms. The van der Waals surface area contributed by atoms with Crippen molar-refractivity contribution < 1.29 is 14.6 Å². The standard InChI is InChI=1S/C15H23NO3/c1-12(2)14(9-10-17)16(3)15(18)19-11-13-7-5-4-6-8-13/h4-8,12,14,17H,9-11H2,1-3H3/t14-/m1/s1. The molecule has 1 aromatic rings. The molecule has 4 nitrogen and oxygen atoms in total. The number of aliphatic hydroxyl groups is 1. The first-order valence-corrected chi connectivity index (χ1v) is 6.60. The van der Waals surface area contributed by atoms with Gasteiger partial charge in [-0.05, 0) is 17.9 Å². The number of hydrogen-bond donors (Lipinski definition) is 1. The van der Waals surface area contributed by atoms with E-state index < -0.39 is 0 Å². The molecule has 0 radical (unpaired) electrons. The fraction of sp³-hybridized carbons (Fsp3) is 0.533. The minimum atomic E-state index is -0.351. The summed E-state index contributed by atoms with van der Waals surface area (Å²) in [6.07, 6.45) is 0.213. The highest BCUT2D eigenvalue weighted by Crippen LogP contribution is 2.14. The molecule has 0 unspecified atom stereocenters. The smallest absolute Gasteiger partial charge is 0.410 e. The highest BCUT2D eigenvalue weighted by atomic mass is 16.6. The topological polar surface area (TPSA) is 49.8 Å². The fourth-order valence-corrected chi connectivity index (χ4v) is 2.06. The van der Waals surface area contributed by atoms with Gasteiger partial charge in [-0.15, -0.1) is 0 Å². The van der Waals surface area contributed by atoms with Crippen LogP contribution in [0.5, 0.6) is 0 Å². The van der Waals surface area contributed by atoms with Gasteiger partial charge < -0.3 is 14.7 Å². The fourth-order valence-electron chi connectivity index (χ4n) is 2.06. The Kier molecular flexibility index (Phi) is 6.36. The highest BCUT2D eigenvalue weighted by Gasteiger charge is 2.23. The molecule has 0 aliphatic rings. The Morgan fingerprint density at radius 1 is 1.32 bits per heavy atom. The van der Waals surface area contributed by atoms with Gasteiger partial charge in [-0.25, -0.2) is 4.79 Å². The third-order valence-electron chi connectivity index (χ3n) is 3.18. The quantitative estimate of drug-likeness (QED) is 0.860. The van der Waals surface area contributed by atoms with Crippen LogP contribution in [0.15, 0.2) is 30.3 Å². The number of carbonyl (C=O) groups is 1. The van der Waals surface area contributed by atoms with Gasteiger partial charge in [0.05, 0.1) is 0 Å². The van der Waals surface area contributed by atoms with Gasteiger partial charge in [-0.2, -0.15) is 0 Å². The largest absolute Gasteiger partial charge is 0.445 e. The second-order valence-electron chi connectivity index (χ2n) is 4.97. The van der Waals surface area contributed by atoms with Crippen LogP contribution in [-0.2, 0) is 11.3 Å². The number of rotatable bonds is 6. The van der Waals surface area contributed by atoms with Gasteiger partial charge in [-0.1, -0.05) is 44.2 Å². The van der Waals surface area contributed by atoms with Crippen LogP contribution in [0.25, 0.3) is 0 Å². The summed E-state index contributed by atoms with van der Waals surface area (Å²) in [7, 11) is 1.72. The average Bonchev–Trinajstić information content (AvgIpc) is 2.42. The summed E-state index contributed by atoms with van der Waals surface area (Å²) in [6, 6.07) is 9.58. The van der Waals surface area contributed by atoms with Gasteiger partial charge in [0.15, 0.2) is 0 Å². The second-order valence-corrected chi connectivity index (χ2v) is 4.97. The Hall–Kier alpha value is -1.55. The van der Waals surface area contributed by atoms with Crippen LogP contribution in [0.2, 0.25) is 0 Å². The number of benzene rings is 1. The summed E-state index contributed by atoms with van der Waals surface area (Å²) in [5.74, 6) is 0.279. The average molecular weight is 265 g/mol. The van der Waals surface area contributed by atoms with Crippen molar-refractivity contribution in [3.63, 3.8) is 0 Å². The lowest BCUT2D eigenvalue weighted by molar-refractivity contribution is 0.0750. The van der Waals surface area contributed by atoms with Crippen LogP contribution < -0.4 is 0 Å². The normalized spacial score (nSPS) is 12.3. The summed E-state index contributed by atoms with van der Waals surface area (Å²) < 4.78 is 5.27. The van der Waals surface area contributed by atoms with E-state index in [1.807, 2.05) is 44.2 Å². The van der Waals surface area contributed by atoms with Gasteiger partial charge in [0.25, 0.3) is 0 Å². The zero-order valence-corrected chi connectivity index (χ0v) is 11.9. The Labute approximate surface area is 115 Å². The number of nitrogens with zero attached hydrogens (tertiary/aromatic N) is 1. The van der Waals surface area contributed by atoms with Crippen molar-refractivity contribution in [2.75, 3.05) is 13.7 Å². The molecule has 0 saturated carbocycles. The first kappa shape index (κ1) is 15.5. The minimum absolute atomic E-state index is 0.00623. The van der Waals surface area contributed by atoms with Crippen molar-refractivity contribution >= 4 is 6.09 Å². The maximum absolute atomic E-state index is 12.0. The first-order chi connectivity index (χ1) is 9.06. The number of ether oxygens (including phenoxy) is 1. The van der Waals surface area contributed by atoms with E-state index >= 15 is 0 Å². The molecule has 1 rings (SSSR count). The van der Waals surface area contributed by atoms with E-state index in [9.17, 15) is 4.79 Å². The van der Waals surface area contributed by atoms with Crippen LogP contribution >= 0.6 is 0 Å². The van der Waals surface area contributed by atoms with Gasteiger partial charge >= 0.3 is 6.09 Å². The van der Waals surface area contributed by atoms with Gasteiger partial charge in [0, 0.05) is 19.7 Å². The van der Waals surface area contributed by atoms with Crippen molar-refractivity contribution in [1.29, 1.82) is 0 Å². The van der Waals surface area contributed by atoms with E-state index in [4.69, 9.17) is 9.84 Å². The monoisotopic (exact) mass is 265 g/mol. The molecule has 0 fully saturated rings. The number of aliphatic hydroxyl groups excluding tert-OH is 1. The van der Waals surface area contributed by atoms with Crippen LogP contribution in [0.4, 0.5) is 4.79 Å². The number of carbonyl (C=O) groups excluding carboxylic acids is 1. The van der Waals surface area contributed by atoms with Crippen molar-refractivity contribution in [2.45, 2.75) is 32.9 Å². The van der Waals surface area contributed by atoms with Crippen molar-refractivity contribution in [1.82, 2.24) is 4.90 Å². The molecule has 1 amide bonds. The number of hydrogen-bond acceptors (Lipinski definition) is 3. The second kappa shape index (κ2) is 7.79. The lowest BCUT2D eigenvalue weighted by atomic mass is 10.0. The lowest BCUT2D eigenvalue weighted by Gasteiger charge is -2.30. The Bertz CT molecular complexity index is 378. The molecule has 0 heterocycles. The van der Waals surface area contributed by atoms with Crippen LogP contribution in [0.1, 0.15) is 25.8 Å². The molecule has 0 aromatic heterocycles. The van der Waals surface area contributed by atoms with Crippen molar-refractivity contribution in [3.05, 3.63) is 35.9 Å². The summed E-state index contributed by atoms with van der Waals surface area (Å²) in [6.45, 7) is 4.40. The van der Waals surface area contributed by atoms with E-state index in [0.717, 1.165) is 5.56 Å². The maximum atomic E-state index is 12.0. The molecular formula is C15H23NO3. The zero-order valence-electron chi connectivity index (χ0n) is 11.9. The summed E-state index contributed by atoms with van der Waals surface area (Å²) in [4.78, 5) is 13.5. The number of amides is 1. The van der Waals surface area contributed by atoms with Gasteiger partial charge in [0.2, 0.25) is 0 Å². The molecule has 106 valence electrons. The van der Waals surface area contributed by atoms with E-state index in [2.05, 4.69) is 0 Å². The first-order valence-electron chi connectivity index (χ1n) is 6.60. The molecule has 1 aromatic carbocycles. The van der Waals surface area contributed by atoms with Gasteiger partial charge in [-0.3, -0.25) is 0 Å². The third kappa shape index (κ3) is 4.91. The molecule has 1 N–H and O–H groups in total. The predicted molar refractivity (Wildman–Crippen MR) is 74.7 cm³/mol. The summed E-state index contributed by atoms with van der Waals surface area (Å²) in [5, 5.41) is 9.05. The van der Waals surface area contributed by atoms with Crippen LogP contribution in [0.3, 0.4) is 0 Å². The van der Waals surface area contributed by atoms with E-state index in [0.29, 0.717) is 6.42 Å². The molecule has 0 aliphatic heterocycles. The SMILES string of the molecule is CC(C)[C@@H](CCO)N(C)C(=O)OCc1ccccc1. The molecule has 0 bridgehead atoms. The Morgan fingerprint density at radius 3 is 2.47 bits per heavy atom. The van der Waals surface area contributed by atoms with Gasteiger partial charge in [0.1, 0.15) is 6.61 Å². The predicted octanol–water partition coefficient (Wildman–Crippen LogP) is 2.66. The van der Waals surface area contributed by atoms with E-state index in [1.165, 1.54) is 0 Å². The van der Waals surface area contributed by atoms with Crippen LogP contribution in [-0.4, -0.2) is 35.8 Å². The van der Waals surface area contributed by atoms with Crippen molar-refractivity contribution in [2.24, 2.45) is 5.92 Å². The Morgan fingerprint density at radius 2 is 1.95 bits per heavy atom. The van der Waals surface area contributed by atoms with E-state index in [1.54, 1.807) is 11.9 Å². The molecule has 0 saturated heterocycles. The highest BCUT2D eigenvalue weighted by molar-refractivity contribution is 5.67. The van der Waals surface area contributed by atoms with Crippen LogP contribution in [0, 0.1) is 5.92 Å². The third-order valence-corrected chi connectivity index (χ3v) is 3.18.